The van der Waals surface area contributed by atoms with Crippen molar-refractivity contribution in [2.75, 3.05) is 26.0 Å². The highest BCUT2D eigenvalue weighted by atomic mass is 16.5. The van der Waals surface area contributed by atoms with Crippen molar-refractivity contribution < 1.29 is 14.6 Å². The number of aromatic nitrogens is 1. The van der Waals surface area contributed by atoms with Crippen molar-refractivity contribution in [2.24, 2.45) is 0 Å². The van der Waals surface area contributed by atoms with Crippen LogP contribution in [0.4, 0.5) is 5.69 Å². The average molecular weight is 327 g/mol. The normalized spacial score (nSPS) is 20.3. The third-order valence-corrected chi connectivity index (χ3v) is 4.45. The summed E-state index contributed by atoms with van der Waals surface area (Å²) in [5, 5.41) is 9.55. The Kier molecular flexibility index (Phi) is 4.78. The van der Waals surface area contributed by atoms with Gasteiger partial charge in [0, 0.05) is 25.4 Å². The van der Waals surface area contributed by atoms with Gasteiger partial charge in [-0.1, -0.05) is 30.3 Å². The van der Waals surface area contributed by atoms with Gasteiger partial charge in [-0.15, -0.1) is 0 Å². The number of hydrogen-bond donors (Lipinski definition) is 2. The molecule has 1 aromatic heterocycles. The van der Waals surface area contributed by atoms with Crippen LogP contribution in [0.5, 0.6) is 0 Å². The first kappa shape index (κ1) is 16.4. The maximum atomic E-state index is 12.9. The van der Waals surface area contributed by atoms with E-state index in [9.17, 15) is 9.90 Å². The van der Waals surface area contributed by atoms with E-state index in [2.05, 4.69) is 4.98 Å². The number of methoxy groups -OCH3 is 1. The molecule has 0 aliphatic carbocycles. The lowest BCUT2D eigenvalue weighted by molar-refractivity contribution is 0.0649. The number of hydrogen-bond acceptors (Lipinski definition) is 5. The maximum absolute atomic E-state index is 12.9. The second kappa shape index (κ2) is 6.98. The number of nitrogens with two attached hydrogens (primary N) is 1. The summed E-state index contributed by atoms with van der Waals surface area (Å²) < 4.78 is 5.33. The van der Waals surface area contributed by atoms with Crippen LogP contribution in [0.3, 0.4) is 0 Å². The molecule has 0 saturated carbocycles. The maximum Gasteiger partial charge on any atom is 0.256 e. The van der Waals surface area contributed by atoms with Crippen LogP contribution in [0.25, 0.3) is 11.3 Å². The smallest absolute Gasteiger partial charge is 0.256 e. The number of nitrogens with zero attached hydrogens (tertiary/aromatic N) is 2. The van der Waals surface area contributed by atoms with Crippen LogP contribution in [-0.4, -0.2) is 53.3 Å². The molecule has 2 heterocycles. The van der Waals surface area contributed by atoms with E-state index in [-0.39, 0.29) is 24.7 Å². The fraction of sp³-hybridized carbons (Fsp3) is 0.333. The van der Waals surface area contributed by atoms with Gasteiger partial charge in [-0.2, -0.15) is 0 Å². The molecular weight excluding hydrogens is 306 g/mol. The zero-order valence-electron chi connectivity index (χ0n) is 13.6. The van der Waals surface area contributed by atoms with E-state index in [1.165, 1.54) is 0 Å². The number of pyridine rings is 1. The minimum atomic E-state index is -0.254. The molecule has 126 valence electrons. The summed E-state index contributed by atoms with van der Waals surface area (Å²) in [7, 11) is 1.61. The summed E-state index contributed by atoms with van der Waals surface area (Å²) >= 11 is 0. The summed E-state index contributed by atoms with van der Waals surface area (Å²) in [6.07, 6.45) is 2.14. The Morgan fingerprint density at radius 3 is 2.79 bits per heavy atom. The third kappa shape index (κ3) is 2.98. The molecule has 0 spiro atoms. The molecule has 2 aromatic rings. The van der Waals surface area contributed by atoms with Crippen molar-refractivity contribution in [1.29, 1.82) is 0 Å². The summed E-state index contributed by atoms with van der Waals surface area (Å²) in [6, 6.07) is 10.9. The topological polar surface area (TPSA) is 88.7 Å². The molecule has 1 aromatic carbocycles. The minimum absolute atomic E-state index is 0.0669. The van der Waals surface area contributed by atoms with Crippen LogP contribution < -0.4 is 5.73 Å². The number of carbonyl (C=O) groups is 1. The van der Waals surface area contributed by atoms with Gasteiger partial charge in [0.2, 0.25) is 0 Å². The van der Waals surface area contributed by atoms with Gasteiger partial charge >= 0.3 is 0 Å². The minimum Gasteiger partial charge on any atom is -0.396 e. The van der Waals surface area contributed by atoms with Crippen LogP contribution in [0, 0.1) is 0 Å². The van der Waals surface area contributed by atoms with E-state index >= 15 is 0 Å². The molecule has 0 radical (unpaired) electrons. The summed E-state index contributed by atoms with van der Waals surface area (Å²) in [5.41, 5.74) is 8.44. The van der Waals surface area contributed by atoms with Crippen molar-refractivity contribution in [1.82, 2.24) is 9.88 Å². The summed E-state index contributed by atoms with van der Waals surface area (Å²) in [6.45, 7) is 0.352. The van der Waals surface area contributed by atoms with Gasteiger partial charge in [0.25, 0.3) is 5.91 Å². The second-order valence-electron chi connectivity index (χ2n) is 5.87. The summed E-state index contributed by atoms with van der Waals surface area (Å²) in [4.78, 5) is 18.9. The largest absolute Gasteiger partial charge is 0.396 e. The van der Waals surface area contributed by atoms with Crippen molar-refractivity contribution in [2.45, 2.75) is 18.6 Å². The van der Waals surface area contributed by atoms with E-state index in [0.29, 0.717) is 29.9 Å². The van der Waals surface area contributed by atoms with Crippen LogP contribution in [0.1, 0.15) is 16.8 Å². The van der Waals surface area contributed by atoms with E-state index in [0.717, 1.165) is 5.56 Å². The van der Waals surface area contributed by atoms with Gasteiger partial charge in [0.1, 0.15) is 0 Å². The Labute approximate surface area is 140 Å². The van der Waals surface area contributed by atoms with Crippen LogP contribution in [0.15, 0.2) is 42.6 Å². The number of amides is 1. The lowest BCUT2D eigenvalue weighted by Gasteiger charge is -2.23. The zero-order valence-corrected chi connectivity index (χ0v) is 13.6. The second-order valence-corrected chi connectivity index (χ2v) is 5.87. The van der Waals surface area contributed by atoms with Crippen LogP contribution >= 0.6 is 0 Å². The molecule has 1 aliphatic rings. The first-order valence-electron chi connectivity index (χ1n) is 7.90. The van der Waals surface area contributed by atoms with Gasteiger partial charge in [0.05, 0.1) is 35.7 Å². The van der Waals surface area contributed by atoms with E-state index < -0.39 is 0 Å². The fourth-order valence-corrected chi connectivity index (χ4v) is 3.11. The lowest BCUT2D eigenvalue weighted by Crippen LogP contribution is -2.38. The van der Waals surface area contributed by atoms with Crippen molar-refractivity contribution in [3.8, 4) is 11.3 Å². The fourth-order valence-electron chi connectivity index (χ4n) is 3.11. The Morgan fingerprint density at radius 2 is 2.12 bits per heavy atom. The Hall–Kier alpha value is -2.44. The Bertz CT molecular complexity index is 721. The molecule has 1 aliphatic heterocycles. The quantitative estimate of drug-likeness (QED) is 0.889. The number of rotatable bonds is 4. The Morgan fingerprint density at radius 1 is 1.38 bits per heavy atom. The molecule has 0 unspecified atom stereocenters. The SMILES string of the molecule is CO[C@H]1C[C@@H](CO)N(C(=O)c2ccnc(-c3ccccc3)c2N)C1. The number of likely N-dealkylation sites (tertiary alicyclic amines) is 1. The molecule has 1 saturated heterocycles. The van der Waals surface area contributed by atoms with Gasteiger partial charge in [-0.25, -0.2) is 0 Å². The number of aliphatic hydroxyl groups excluding tert-OH is 1. The van der Waals surface area contributed by atoms with Crippen molar-refractivity contribution in [3.63, 3.8) is 0 Å². The number of benzene rings is 1. The number of carbonyl (C=O) groups excluding carboxylic acids is 1. The van der Waals surface area contributed by atoms with E-state index in [1.54, 1.807) is 24.3 Å². The van der Waals surface area contributed by atoms with Crippen LogP contribution in [-0.2, 0) is 4.74 Å². The molecule has 1 fully saturated rings. The molecule has 3 rings (SSSR count). The number of nitrogen functional groups attached to an aromatic ring is 1. The van der Waals surface area contributed by atoms with E-state index in [1.807, 2.05) is 30.3 Å². The number of anilines is 1. The molecular formula is C18H21N3O3. The van der Waals surface area contributed by atoms with Crippen LogP contribution in [0.2, 0.25) is 0 Å². The molecule has 1 amide bonds. The number of ether oxygens (including phenoxy) is 1. The number of aliphatic hydroxyl groups is 1. The third-order valence-electron chi connectivity index (χ3n) is 4.45. The molecule has 2 atom stereocenters. The summed E-state index contributed by atoms with van der Waals surface area (Å²) in [5.74, 6) is -0.203. The highest BCUT2D eigenvalue weighted by Crippen LogP contribution is 2.29. The lowest BCUT2D eigenvalue weighted by atomic mass is 10.1. The molecule has 6 heteroatoms. The van der Waals surface area contributed by atoms with E-state index in [4.69, 9.17) is 10.5 Å². The first-order chi connectivity index (χ1) is 11.7. The molecule has 0 bridgehead atoms. The molecule has 6 nitrogen and oxygen atoms in total. The zero-order chi connectivity index (χ0) is 17.1. The van der Waals surface area contributed by atoms with Gasteiger partial charge in [-0.05, 0) is 12.5 Å². The highest BCUT2D eigenvalue weighted by molar-refractivity contribution is 6.02. The predicted octanol–water partition coefficient (Wildman–Crippen LogP) is 1.55. The standard InChI is InChI=1S/C18H21N3O3/c1-24-14-9-13(11-22)21(10-14)18(23)15-7-8-20-17(16(15)19)12-5-3-2-4-6-12/h2-8,13-14,22H,9-11,19H2,1H3/t13-,14-/m0/s1. The van der Waals surface area contributed by atoms with Crippen molar-refractivity contribution in [3.05, 3.63) is 48.2 Å². The first-order valence-corrected chi connectivity index (χ1v) is 7.90. The highest BCUT2D eigenvalue weighted by Gasteiger charge is 2.36. The average Bonchev–Trinajstić information content (AvgIpc) is 3.05. The van der Waals surface area contributed by atoms with Gasteiger partial charge in [0.15, 0.2) is 0 Å². The monoisotopic (exact) mass is 327 g/mol. The van der Waals surface area contributed by atoms with Gasteiger partial charge < -0.3 is 20.5 Å². The molecule has 24 heavy (non-hydrogen) atoms. The van der Waals surface area contributed by atoms with Gasteiger partial charge in [-0.3, -0.25) is 9.78 Å². The van der Waals surface area contributed by atoms with Crippen molar-refractivity contribution >= 4 is 11.6 Å². The Balaban J connectivity index is 1.94. The molecule has 3 N–H and O–H groups in total. The predicted molar refractivity (Wildman–Crippen MR) is 91.4 cm³/mol.